The van der Waals surface area contributed by atoms with E-state index in [1.54, 1.807) is 6.07 Å². The van der Waals surface area contributed by atoms with Crippen LogP contribution in [0.2, 0.25) is 0 Å². The molecule has 0 unspecified atom stereocenters. The summed E-state index contributed by atoms with van der Waals surface area (Å²) in [6.07, 6.45) is 0. The molecule has 104 valence electrons. The lowest BCUT2D eigenvalue weighted by Gasteiger charge is -2.00. The van der Waals surface area contributed by atoms with Crippen LogP contribution >= 0.6 is 0 Å². The molecule has 1 heterocycles. The summed E-state index contributed by atoms with van der Waals surface area (Å²) in [5, 5.41) is 6.43. The molecule has 3 aromatic rings. The van der Waals surface area contributed by atoms with Gasteiger partial charge in [-0.05, 0) is 18.2 Å². The molecule has 0 bridgehead atoms. The largest absolute Gasteiger partial charge is 0.338 e. The Morgan fingerprint density at radius 1 is 1.05 bits per heavy atom. The Bertz CT molecular complexity index is 769. The van der Waals surface area contributed by atoms with E-state index in [1.165, 1.54) is 18.2 Å². The Morgan fingerprint density at radius 3 is 2.62 bits per heavy atom. The highest BCUT2D eigenvalue weighted by atomic mass is 19.1. The van der Waals surface area contributed by atoms with Crippen molar-refractivity contribution < 1.29 is 13.7 Å². The van der Waals surface area contributed by atoms with E-state index < -0.39 is 11.7 Å². The molecular formula is C16H11FN2O2. The number of aromatic nitrogens is 1. The van der Waals surface area contributed by atoms with Gasteiger partial charge in [-0.25, -0.2) is 4.39 Å². The van der Waals surface area contributed by atoms with Gasteiger partial charge in [-0.3, -0.25) is 10.1 Å². The van der Waals surface area contributed by atoms with E-state index in [-0.39, 0.29) is 11.4 Å². The molecule has 1 N–H and O–H groups in total. The summed E-state index contributed by atoms with van der Waals surface area (Å²) in [5.41, 5.74) is 1.71. The minimum atomic E-state index is -0.467. The molecule has 0 spiro atoms. The summed E-state index contributed by atoms with van der Waals surface area (Å²) >= 11 is 0. The third-order valence-electron chi connectivity index (χ3n) is 2.90. The average Bonchev–Trinajstić information content (AvgIpc) is 2.97. The second-order valence-corrected chi connectivity index (χ2v) is 4.41. The summed E-state index contributed by atoms with van der Waals surface area (Å²) in [4.78, 5) is 11.9. The molecule has 0 aliphatic heterocycles. The van der Waals surface area contributed by atoms with Gasteiger partial charge in [-0.1, -0.05) is 41.6 Å². The quantitative estimate of drug-likeness (QED) is 0.796. The Morgan fingerprint density at radius 2 is 1.86 bits per heavy atom. The van der Waals surface area contributed by atoms with Crippen LogP contribution in [0.5, 0.6) is 0 Å². The standard InChI is InChI=1S/C16H11FN2O2/c17-13-8-4-7-12(9-13)16(20)18-15-10-14(19-21-15)11-5-2-1-3-6-11/h1-10H,(H,18,20). The molecule has 5 heteroatoms. The highest BCUT2D eigenvalue weighted by Crippen LogP contribution is 2.21. The maximum atomic E-state index is 13.1. The Labute approximate surface area is 120 Å². The van der Waals surface area contributed by atoms with Gasteiger partial charge in [0.25, 0.3) is 5.91 Å². The maximum Gasteiger partial charge on any atom is 0.258 e. The first-order valence-electron chi connectivity index (χ1n) is 6.31. The number of hydrogen-bond donors (Lipinski definition) is 1. The summed E-state index contributed by atoms with van der Waals surface area (Å²) in [7, 11) is 0. The highest BCUT2D eigenvalue weighted by Gasteiger charge is 2.11. The number of amides is 1. The zero-order valence-electron chi connectivity index (χ0n) is 10.9. The first kappa shape index (κ1) is 13.1. The molecule has 4 nitrogen and oxygen atoms in total. The Balaban J connectivity index is 1.77. The number of carbonyl (C=O) groups excluding carboxylic acids is 1. The van der Waals surface area contributed by atoms with Crippen LogP contribution in [0.4, 0.5) is 10.3 Å². The van der Waals surface area contributed by atoms with Crippen LogP contribution in [0.1, 0.15) is 10.4 Å². The molecule has 0 aliphatic carbocycles. The number of nitrogens with zero attached hydrogens (tertiary/aromatic N) is 1. The lowest BCUT2D eigenvalue weighted by molar-refractivity contribution is 0.102. The van der Waals surface area contributed by atoms with Gasteiger partial charge in [0.15, 0.2) is 0 Å². The van der Waals surface area contributed by atoms with Crippen LogP contribution in [0.3, 0.4) is 0 Å². The summed E-state index contributed by atoms with van der Waals surface area (Å²) in [5.74, 6) is -0.710. The number of hydrogen-bond acceptors (Lipinski definition) is 3. The van der Waals surface area contributed by atoms with Crippen LogP contribution in [-0.2, 0) is 0 Å². The zero-order chi connectivity index (χ0) is 14.7. The molecule has 0 saturated heterocycles. The smallest absolute Gasteiger partial charge is 0.258 e. The Hall–Kier alpha value is -2.95. The second-order valence-electron chi connectivity index (χ2n) is 4.41. The predicted molar refractivity (Wildman–Crippen MR) is 76.3 cm³/mol. The molecular weight excluding hydrogens is 271 g/mol. The van der Waals surface area contributed by atoms with Gasteiger partial charge in [-0.15, -0.1) is 0 Å². The number of benzene rings is 2. The first-order valence-corrected chi connectivity index (χ1v) is 6.31. The minimum absolute atomic E-state index is 0.211. The average molecular weight is 282 g/mol. The van der Waals surface area contributed by atoms with Crippen molar-refractivity contribution in [3.8, 4) is 11.3 Å². The molecule has 2 aromatic carbocycles. The van der Waals surface area contributed by atoms with Gasteiger partial charge in [0.2, 0.25) is 5.88 Å². The minimum Gasteiger partial charge on any atom is -0.338 e. The van der Waals surface area contributed by atoms with E-state index in [0.29, 0.717) is 5.69 Å². The van der Waals surface area contributed by atoms with Crippen LogP contribution in [-0.4, -0.2) is 11.1 Å². The highest BCUT2D eigenvalue weighted by molar-refractivity contribution is 6.03. The maximum absolute atomic E-state index is 13.1. The first-order chi connectivity index (χ1) is 10.2. The third kappa shape index (κ3) is 2.97. The van der Waals surface area contributed by atoms with Gasteiger partial charge < -0.3 is 4.52 Å². The summed E-state index contributed by atoms with van der Waals surface area (Å²) in [6.45, 7) is 0. The number of nitrogens with one attached hydrogen (secondary N) is 1. The molecule has 0 aliphatic rings. The van der Waals surface area contributed by atoms with E-state index in [4.69, 9.17) is 4.52 Å². The van der Waals surface area contributed by atoms with Crippen molar-refractivity contribution in [2.75, 3.05) is 5.32 Å². The second kappa shape index (κ2) is 5.58. The van der Waals surface area contributed by atoms with Crippen LogP contribution in [0.25, 0.3) is 11.3 Å². The van der Waals surface area contributed by atoms with Gasteiger partial charge in [-0.2, -0.15) is 0 Å². The van der Waals surface area contributed by atoms with E-state index in [0.717, 1.165) is 11.6 Å². The van der Waals surface area contributed by atoms with Crippen molar-refractivity contribution >= 4 is 11.8 Å². The zero-order valence-corrected chi connectivity index (χ0v) is 10.9. The van der Waals surface area contributed by atoms with Crippen LogP contribution < -0.4 is 5.32 Å². The lowest BCUT2D eigenvalue weighted by Crippen LogP contribution is -2.11. The molecule has 0 atom stereocenters. The van der Waals surface area contributed by atoms with E-state index >= 15 is 0 Å². The van der Waals surface area contributed by atoms with Crippen molar-refractivity contribution in [2.24, 2.45) is 0 Å². The van der Waals surface area contributed by atoms with Crippen LogP contribution in [0.15, 0.2) is 65.2 Å². The van der Waals surface area contributed by atoms with Gasteiger partial charge in [0, 0.05) is 17.2 Å². The molecule has 0 saturated carbocycles. The van der Waals surface area contributed by atoms with Gasteiger partial charge in [0.1, 0.15) is 11.5 Å². The number of carbonyl (C=O) groups is 1. The van der Waals surface area contributed by atoms with E-state index in [2.05, 4.69) is 10.5 Å². The summed E-state index contributed by atoms with van der Waals surface area (Å²) in [6, 6.07) is 16.5. The normalized spacial score (nSPS) is 10.3. The molecule has 1 aromatic heterocycles. The lowest BCUT2D eigenvalue weighted by atomic mass is 10.1. The van der Waals surface area contributed by atoms with Crippen molar-refractivity contribution in [1.29, 1.82) is 0 Å². The van der Waals surface area contributed by atoms with Crippen LogP contribution in [0, 0.1) is 5.82 Å². The fourth-order valence-electron chi connectivity index (χ4n) is 1.89. The van der Waals surface area contributed by atoms with E-state index in [1.807, 2.05) is 30.3 Å². The van der Waals surface area contributed by atoms with E-state index in [9.17, 15) is 9.18 Å². The fourth-order valence-corrected chi connectivity index (χ4v) is 1.89. The van der Waals surface area contributed by atoms with Gasteiger partial charge >= 0.3 is 0 Å². The van der Waals surface area contributed by atoms with Crippen molar-refractivity contribution in [3.63, 3.8) is 0 Å². The Kier molecular flexibility index (Phi) is 3.47. The molecule has 0 radical (unpaired) electrons. The predicted octanol–water partition coefficient (Wildman–Crippen LogP) is 3.73. The number of halogens is 1. The molecule has 21 heavy (non-hydrogen) atoms. The van der Waals surface area contributed by atoms with Crippen molar-refractivity contribution in [3.05, 3.63) is 72.0 Å². The molecule has 0 fully saturated rings. The topological polar surface area (TPSA) is 55.1 Å². The fraction of sp³-hybridized carbons (Fsp3) is 0. The monoisotopic (exact) mass is 282 g/mol. The molecule has 3 rings (SSSR count). The summed E-state index contributed by atoms with van der Waals surface area (Å²) < 4.78 is 18.1. The number of rotatable bonds is 3. The van der Waals surface area contributed by atoms with Crippen molar-refractivity contribution in [2.45, 2.75) is 0 Å². The molecule has 1 amide bonds. The van der Waals surface area contributed by atoms with Crippen molar-refractivity contribution in [1.82, 2.24) is 5.16 Å². The third-order valence-corrected chi connectivity index (χ3v) is 2.90. The number of anilines is 1. The van der Waals surface area contributed by atoms with Gasteiger partial charge in [0.05, 0.1) is 0 Å². The SMILES string of the molecule is O=C(Nc1cc(-c2ccccc2)no1)c1cccc(F)c1.